The Hall–Kier alpha value is -3.22. The lowest BCUT2D eigenvalue weighted by molar-refractivity contribution is -0.384. The first-order chi connectivity index (χ1) is 10.1. The predicted molar refractivity (Wildman–Crippen MR) is 76.2 cm³/mol. The van der Waals surface area contributed by atoms with Crippen molar-refractivity contribution in [1.82, 2.24) is 10.1 Å². The third-order valence-corrected chi connectivity index (χ3v) is 2.90. The summed E-state index contributed by atoms with van der Waals surface area (Å²) >= 11 is 0. The molecule has 3 aromatic rings. The number of non-ortho nitro benzene ring substituents is 1. The molecule has 0 bridgehead atoms. The molecule has 0 aliphatic carbocycles. The average molecular weight is 282 g/mol. The Balaban J connectivity index is 1.96. The summed E-state index contributed by atoms with van der Waals surface area (Å²) in [6.45, 7) is 0. The van der Waals surface area contributed by atoms with E-state index in [0.717, 1.165) is 5.56 Å². The van der Waals surface area contributed by atoms with Crippen LogP contribution in [0, 0.1) is 10.1 Å². The van der Waals surface area contributed by atoms with E-state index >= 15 is 0 Å². The molecular formula is C14H10N4O3. The zero-order valence-corrected chi connectivity index (χ0v) is 10.8. The first-order valence-corrected chi connectivity index (χ1v) is 6.08. The van der Waals surface area contributed by atoms with Gasteiger partial charge in [-0.3, -0.25) is 10.1 Å². The van der Waals surface area contributed by atoms with Crippen molar-refractivity contribution in [3.8, 4) is 22.8 Å². The predicted octanol–water partition coefficient (Wildman–Crippen LogP) is 2.89. The van der Waals surface area contributed by atoms with Crippen LogP contribution in [-0.4, -0.2) is 15.1 Å². The van der Waals surface area contributed by atoms with Crippen molar-refractivity contribution in [2.24, 2.45) is 0 Å². The van der Waals surface area contributed by atoms with Gasteiger partial charge in [0.15, 0.2) is 0 Å². The molecule has 2 aromatic carbocycles. The summed E-state index contributed by atoms with van der Waals surface area (Å²) in [5.74, 6) is 0.627. The van der Waals surface area contributed by atoms with E-state index in [9.17, 15) is 10.1 Å². The molecule has 0 saturated heterocycles. The molecule has 0 fully saturated rings. The van der Waals surface area contributed by atoms with E-state index < -0.39 is 4.92 Å². The molecule has 0 atom stereocenters. The van der Waals surface area contributed by atoms with E-state index in [0.29, 0.717) is 17.1 Å². The van der Waals surface area contributed by atoms with Crippen LogP contribution < -0.4 is 5.73 Å². The molecule has 3 rings (SSSR count). The number of hydrogen-bond donors (Lipinski definition) is 1. The largest absolute Gasteiger partial charge is 0.399 e. The molecule has 7 heteroatoms. The van der Waals surface area contributed by atoms with Gasteiger partial charge in [0.25, 0.3) is 11.6 Å². The first-order valence-electron chi connectivity index (χ1n) is 6.08. The van der Waals surface area contributed by atoms with Crippen LogP contribution in [-0.2, 0) is 0 Å². The van der Waals surface area contributed by atoms with Crippen molar-refractivity contribution >= 4 is 11.4 Å². The number of nitrogens with two attached hydrogens (primary N) is 1. The summed E-state index contributed by atoms with van der Waals surface area (Å²) in [6, 6.07) is 13.1. The Morgan fingerprint density at radius 2 is 1.86 bits per heavy atom. The van der Waals surface area contributed by atoms with Gasteiger partial charge >= 0.3 is 0 Å². The second-order valence-electron chi connectivity index (χ2n) is 4.35. The highest BCUT2D eigenvalue weighted by atomic mass is 16.6. The monoisotopic (exact) mass is 282 g/mol. The van der Waals surface area contributed by atoms with Crippen molar-refractivity contribution in [1.29, 1.82) is 0 Å². The van der Waals surface area contributed by atoms with Crippen molar-refractivity contribution in [3.05, 3.63) is 58.6 Å². The number of nitro groups is 1. The van der Waals surface area contributed by atoms with Gasteiger partial charge in [0, 0.05) is 28.9 Å². The summed E-state index contributed by atoms with van der Waals surface area (Å²) < 4.78 is 5.16. The standard InChI is InChI=1S/C14H10N4O3/c15-11-6-4-9(5-7-11)13-16-14(21-17-13)10-2-1-3-12(8-10)18(19)20/h1-8H,15H2. The highest BCUT2D eigenvalue weighted by molar-refractivity contribution is 5.63. The molecule has 0 amide bonds. The van der Waals surface area contributed by atoms with Crippen LogP contribution in [0.5, 0.6) is 0 Å². The average Bonchev–Trinajstić information content (AvgIpc) is 2.98. The van der Waals surface area contributed by atoms with Crippen LogP contribution in [0.2, 0.25) is 0 Å². The normalized spacial score (nSPS) is 10.5. The minimum absolute atomic E-state index is 0.0280. The van der Waals surface area contributed by atoms with E-state index in [1.165, 1.54) is 12.1 Å². The third kappa shape index (κ3) is 2.57. The van der Waals surface area contributed by atoms with Gasteiger partial charge in [-0.1, -0.05) is 11.2 Å². The van der Waals surface area contributed by atoms with Crippen molar-refractivity contribution in [2.75, 3.05) is 5.73 Å². The quantitative estimate of drug-likeness (QED) is 0.449. The molecular weight excluding hydrogens is 272 g/mol. The van der Waals surface area contributed by atoms with Crippen molar-refractivity contribution in [2.45, 2.75) is 0 Å². The summed E-state index contributed by atoms with van der Waals surface area (Å²) in [5.41, 5.74) is 7.48. The molecule has 0 aliphatic rings. The number of hydrogen-bond acceptors (Lipinski definition) is 6. The SMILES string of the molecule is Nc1ccc(-c2noc(-c3cccc([N+](=O)[O-])c3)n2)cc1. The minimum Gasteiger partial charge on any atom is -0.399 e. The Bertz CT molecular complexity index is 796. The Kier molecular flexibility index (Phi) is 3.07. The van der Waals surface area contributed by atoms with E-state index in [1.807, 2.05) is 0 Å². The maximum absolute atomic E-state index is 10.8. The third-order valence-electron chi connectivity index (χ3n) is 2.90. The number of aromatic nitrogens is 2. The van der Waals surface area contributed by atoms with Gasteiger partial charge in [0.05, 0.1) is 4.92 Å². The lowest BCUT2D eigenvalue weighted by Crippen LogP contribution is -1.88. The molecule has 7 nitrogen and oxygen atoms in total. The minimum atomic E-state index is -0.471. The molecule has 1 aromatic heterocycles. The van der Waals surface area contributed by atoms with Gasteiger partial charge in [-0.05, 0) is 30.3 Å². The van der Waals surface area contributed by atoms with Crippen molar-refractivity contribution < 1.29 is 9.45 Å². The molecule has 21 heavy (non-hydrogen) atoms. The summed E-state index contributed by atoms with van der Waals surface area (Å²) in [5, 5.41) is 14.6. The molecule has 0 spiro atoms. The number of nitro benzene ring substituents is 1. The fraction of sp³-hybridized carbons (Fsp3) is 0. The Morgan fingerprint density at radius 1 is 1.10 bits per heavy atom. The smallest absolute Gasteiger partial charge is 0.270 e. The Morgan fingerprint density at radius 3 is 2.57 bits per heavy atom. The molecule has 0 saturated carbocycles. The molecule has 2 N–H and O–H groups in total. The zero-order valence-electron chi connectivity index (χ0n) is 10.8. The van der Waals surface area contributed by atoms with E-state index in [1.54, 1.807) is 36.4 Å². The van der Waals surface area contributed by atoms with Crippen molar-refractivity contribution in [3.63, 3.8) is 0 Å². The molecule has 0 unspecified atom stereocenters. The zero-order chi connectivity index (χ0) is 14.8. The summed E-state index contributed by atoms with van der Waals surface area (Å²) in [7, 11) is 0. The van der Waals surface area contributed by atoms with Crippen LogP contribution in [0.3, 0.4) is 0 Å². The van der Waals surface area contributed by atoms with Crippen LogP contribution in [0.1, 0.15) is 0 Å². The van der Waals surface area contributed by atoms with Crippen LogP contribution in [0.15, 0.2) is 53.1 Å². The van der Waals surface area contributed by atoms with E-state index in [2.05, 4.69) is 10.1 Å². The fourth-order valence-corrected chi connectivity index (χ4v) is 1.84. The van der Waals surface area contributed by atoms with Gasteiger partial charge in [-0.2, -0.15) is 4.98 Å². The highest BCUT2D eigenvalue weighted by Gasteiger charge is 2.13. The second-order valence-corrected chi connectivity index (χ2v) is 4.35. The van der Waals surface area contributed by atoms with Gasteiger partial charge in [-0.25, -0.2) is 0 Å². The second kappa shape index (κ2) is 5.04. The topological polar surface area (TPSA) is 108 Å². The van der Waals surface area contributed by atoms with E-state index in [4.69, 9.17) is 10.3 Å². The highest BCUT2D eigenvalue weighted by Crippen LogP contribution is 2.25. The molecule has 1 heterocycles. The Labute approximate surface area is 119 Å². The fourth-order valence-electron chi connectivity index (χ4n) is 1.84. The summed E-state index contributed by atoms with van der Waals surface area (Å²) in [4.78, 5) is 14.5. The van der Waals surface area contributed by atoms with Gasteiger partial charge in [-0.15, -0.1) is 0 Å². The lowest BCUT2D eigenvalue weighted by atomic mass is 10.2. The van der Waals surface area contributed by atoms with Crippen LogP contribution >= 0.6 is 0 Å². The number of rotatable bonds is 3. The lowest BCUT2D eigenvalue weighted by Gasteiger charge is -1.95. The number of anilines is 1. The maximum Gasteiger partial charge on any atom is 0.270 e. The first kappa shape index (κ1) is 12.8. The molecule has 0 aliphatic heterocycles. The summed E-state index contributed by atoms with van der Waals surface area (Å²) in [6.07, 6.45) is 0. The van der Waals surface area contributed by atoms with E-state index in [-0.39, 0.29) is 11.6 Å². The number of benzene rings is 2. The van der Waals surface area contributed by atoms with Crippen LogP contribution in [0.25, 0.3) is 22.8 Å². The van der Waals surface area contributed by atoms with Gasteiger partial charge in [0.2, 0.25) is 5.82 Å². The van der Waals surface area contributed by atoms with Gasteiger partial charge in [0.1, 0.15) is 0 Å². The molecule has 104 valence electrons. The van der Waals surface area contributed by atoms with Crippen LogP contribution in [0.4, 0.5) is 11.4 Å². The maximum atomic E-state index is 10.8. The number of nitrogens with zero attached hydrogens (tertiary/aromatic N) is 3. The molecule has 0 radical (unpaired) electrons. The van der Waals surface area contributed by atoms with Gasteiger partial charge < -0.3 is 10.3 Å². The number of nitrogen functional groups attached to an aromatic ring is 1.